The summed E-state index contributed by atoms with van der Waals surface area (Å²) in [5.41, 5.74) is 7.23. The summed E-state index contributed by atoms with van der Waals surface area (Å²) in [4.78, 5) is 21.0. The van der Waals surface area contributed by atoms with Crippen molar-refractivity contribution in [1.82, 2.24) is 34.1 Å². The molecule has 3 N–H and O–H groups in total. The lowest BCUT2D eigenvalue weighted by molar-refractivity contribution is 0.580. The van der Waals surface area contributed by atoms with Crippen LogP contribution in [-0.2, 0) is 7.05 Å². The minimum absolute atomic E-state index is 0.152. The number of imidazole rings is 1. The van der Waals surface area contributed by atoms with Crippen molar-refractivity contribution in [2.45, 2.75) is 13.0 Å². The Hall–Kier alpha value is -3.56. The first-order chi connectivity index (χ1) is 12.5. The van der Waals surface area contributed by atoms with Crippen molar-refractivity contribution in [2.24, 2.45) is 7.05 Å². The zero-order valence-corrected chi connectivity index (χ0v) is 14.1. The van der Waals surface area contributed by atoms with Crippen LogP contribution in [0.4, 0.5) is 22.0 Å². The van der Waals surface area contributed by atoms with Crippen molar-refractivity contribution >= 4 is 28.6 Å². The largest absolute Gasteiger partial charge is 0.368 e. The smallest absolute Gasteiger partial charge is 0.222 e. The second kappa shape index (κ2) is 6.06. The molecule has 0 radical (unpaired) electrons. The van der Waals surface area contributed by atoms with Gasteiger partial charge in [-0.3, -0.25) is 0 Å². The van der Waals surface area contributed by atoms with Crippen molar-refractivity contribution in [1.29, 1.82) is 0 Å². The van der Waals surface area contributed by atoms with Crippen LogP contribution in [0.15, 0.2) is 37.2 Å². The van der Waals surface area contributed by atoms with Gasteiger partial charge in [0.25, 0.3) is 0 Å². The number of aryl methyl sites for hydroxylation is 1. The van der Waals surface area contributed by atoms with Gasteiger partial charge in [0.05, 0.1) is 30.3 Å². The Balaban J connectivity index is 1.81. The second-order valence-corrected chi connectivity index (χ2v) is 5.87. The molecule has 0 saturated carbocycles. The molecule has 132 valence electrons. The van der Waals surface area contributed by atoms with E-state index >= 15 is 0 Å². The second-order valence-electron chi connectivity index (χ2n) is 5.87. The highest BCUT2D eigenvalue weighted by Gasteiger charge is 2.18. The van der Waals surface area contributed by atoms with Crippen LogP contribution in [0, 0.1) is 5.82 Å². The van der Waals surface area contributed by atoms with E-state index < -0.39 is 5.82 Å². The van der Waals surface area contributed by atoms with Gasteiger partial charge >= 0.3 is 0 Å². The number of rotatable bonds is 4. The van der Waals surface area contributed by atoms with Crippen LogP contribution in [0.25, 0.3) is 11.0 Å². The highest BCUT2D eigenvalue weighted by atomic mass is 19.1. The number of hydrogen-bond donors (Lipinski definition) is 2. The molecule has 26 heavy (non-hydrogen) atoms. The number of nitrogens with zero attached hydrogens (tertiary/aromatic N) is 7. The van der Waals surface area contributed by atoms with Gasteiger partial charge in [0.1, 0.15) is 11.3 Å². The molecular weight excluding hydrogens is 337 g/mol. The number of aromatic nitrogens is 7. The molecule has 0 aliphatic carbocycles. The van der Waals surface area contributed by atoms with E-state index in [1.54, 1.807) is 6.33 Å². The predicted molar refractivity (Wildman–Crippen MR) is 94.2 cm³/mol. The Labute approximate surface area is 147 Å². The third kappa shape index (κ3) is 2.81. The maximum absolute atomic E-state index is 13.1. The van der Waals surface area contributed by atoms with E-state index in [2.05, 4.69) is 30.2 Å². The molecule has 1 atom stereocenters. The Kier molecular flexibility index (Phi) is 3.72. The van der Waals surface area contributed by atoms with Crippen LogP contribution in [0.3, 0.4) is 0 Å². The lowest BCUT2D eigenvalue weighted by Crippen LogP contribution is -2.11. The van der Waals surface area contributed by atoms with Gasteiger partial charge < -0.3 is 20.2 Å². The van der Waals surface area contributed by atoms with Crippen LogP contribution < -0.4 is 11.1 Å². The molecule has 0 aromatic carbocycles. The third-order valence-corrected chi connectivity index (χ3v) is 3.96. The van der Waals surface area contributed by atoms with Gasteiger partial charge in [-0.15, -0.1) is 0 Å². The first kappa shape index (κ1) is 15.9. The summed E-state index contributed by atoms with van der Waals surface area (Å²) in [7, 11) is 1.87. The molecule has 4 aromatic heterocycles. The summed E-state index contributed by atoms with van der Waals surface area (Å²) < 4.78 is 16.8. The van der Waals surface area contributed by atoms with E-state index in [1.807, 2.05) is 41.6 Å². The van der Waals surface area contributed by atoms with Crippen molar-refractivity contribution < 1.29 is 4.39 Å². The number of nitrogen functional groups attached to an aromatic ring is 1. The zero-order valence-electron chi connectivity index (χ0n) is 14.1. The Morgan fingerprint density at radius 2 is 1.96 bits per heavy atom. The molecule has 0 unspecified atom stereocenters. The average molecular weight is 353 g/mol. The maximum atomic E-state index is 13.1. The molecule has 4 aromatic rings. The molecule has 0 aliphatic rings. The molecule has 0 spiro atoms. The van der Waals surface area contributed by atoms with Crippen LogP contribution in [0.1, 0.15) is 18.8 Å². The van der Waals surface area contributed by atoms with Crippen LogP contribution >= 0.6 is 0 Å². The Morgan fingerprint density at radius 1 is 1.19 bits per heavy atom. The highest BCUT2D eigenvalue weighted by molar-refractivity contribution is 5.89. The molecule has 4 rings (SSSR count). The topological polar surface area (TPSA) is 112 Å². The Bertz CT molecular complexity index is 1070. The van der Waals surface area contributed by atoms with E-state index in [0.29, 0.717) is 23.0 Å². The molecule has 0 saturated heterocycles. The summed E-state index contributed by atoms with van der Waals surface area (Å²) in [6.45, 7) is 1.91. The summed E-state index contributed by atoms with van der Waals surface area (Å²) in [5, 5.41) is 3.17. The monoisotopic (exact) mass is 353 g/mol. The molecular formula is C16H16FN9. The molecule has 10 heteroatoms. The van der Waals surface area contributed by atoms with Gasteiger partial charge in [-0.25, -0.2) is 24.3 Å². The fourth-order valence-electron chi connectivity index (χ4n) is 2.76. The van der Waals surface area contributed by atoms with E-state index in [9.17, 15) is 4.39 Å². The van der Waals surface area contributed by atoms with Gasteiger partial charge in [0, 0.05) is 19.4 Å². The van der Waals surface area contributed by atoms with Crippen molar-refractivity contribution in [3.63, 3.8) is 0 Å². The highest BCUT2D eigenvalue weighted by Crippen LogP contribution is 2.29. The number of halogens is 1. The standard InChI is InChI=1S/C16H16FN9/c1-9(14-19-5-10(17)6-20-14)26-4-3-11-13(26)15(24-16(18)22-11)23-12-7-25(2)8-21-12/h3-9H,1-2H3,(H3,18,22,23,24)/t9-/m0/s1. The molecule has 0 aliphatic heterocycles. The van der Waals surface area contributed by atoms with Crippen LogP contribution in [0.2, 0.25) is 0 Å². The minimum Gasteiger partial charge on any atom is -0.368 e. The zero-order chi connectivity index (χ0) is 18.3. The normalized spacial score (nSPS) is 12.4. The summed E-state index contributed by atoms with van der Waals surface area (Å²) in [6, 6.07) is 1.57. The van der Waals surface area contributed by atoms with E-state index in [0.717, 1.165) is 17.9 Å². The molecule has 4 heterocycles. The Morgan fingerprint density at radius 3 is 2.65 bits per heavy atom. The minimum atomic E-state index is -0.480. The lowest BCUT2D eigenvalue weighted by atomic mass is 10.3. The fraction of sp³-hybridized carbons (Fsp3) is 0.188. The maximum Gasteiger partial charge on any atom is 0.222 e. The lowest BCUT2D eigenvalue weighted by Gasteiger charge is -2.15. The van der Waals surface area contributed by atoms with E-state index in [4.69, 9.17) is 5.73 Å². The summed E-state index contributed by atoms with van der Waals surface area (Å²) in [6.07, 6.45) is 7.64. The third-order valence-electron chi connectivity index (χ3n) is 3.96. The molecule has 0 fully saturated rings. The number of nitrogens with one attached hydrogen (secondary N) is 1. The number of nitrogens with two attached hydrogens (primary N) is 1. The SMILES string of the molecule is C[C@@H](c1ncc(F)cn1)n1ccc2nc(N)nc(Nc3cn(C)cn3)c21. The van der Waals surface area contributed by atoms with Gasteiger partial charge in [0.15, 0.2) is 17.5 Å². The first-order valence-corrected chi connectivity index (χ1v) is 7.88. The first-order valence-electron chi connectivity index (χ1n) is 7.88. The fourth-order valence-corrected chi connectivity index (χ4v) is 2.76. The van der Waals surface area contributed by atoms with Gasteiger partial charge in [-0.2, -0.15) is 4.98 Å². The van der Waals surface area contributed by atoms with Crippen LogP contribution in [0.5, 0.6) is 0 Å². The molecule has 9 nitrogen and oxygen atoms in total. The number of anilines is 3. The van der Waals surface area contributed by atoms with Gasteiger partial charge in [0.2, 0.25) is 5.95 Å². The number of hydrogen-bond acceptors (Lipinski definition) is 7. The van der Waals surface area contributed by atoms with Gasteiger partial charge in [-0.05, 0) is 13.0 Å². The quantitative estimate of drug-likeness (QED) is 0.577. The number of fused-ring (bicyclic) bond motifs is 1. The summed E-state index contributed by atoms with van der Waals surface area (Å²) in [5.74, 6) is 1.30. The van der Waals surface area contributed by atoms with E-state index in [-0.39, 0.29) is 12.0 Å². The summed E-state index contributed by atoms with van der Waals surface area (Å²) >= 11 is 0. The van der Waals surface area contributed by atoms with Crippen molar-refractivity contribution in [2.75, 3.05) is 11.1 Å². The van der Waals surface area contributed by atoms with Gasteiger partial charge in [-0.1, -0.05) is 0 Å². The van der Waals surface area contributed by atoms with E-state index in [1.165, 1.54) is 0 Å². The molecule has 0 bridgehead atoms. The van der Waals surface area contributed by atoms with Crippen molar-refractivity contribution in [3.8, 4) is 0 Å². The van der Waals surface area contributed by atoms with Crippen LogP contribution in [-0.4, -0.2) is 34.1 Å². The predicted octanol–water partition coefficient (Wildman–Crippen LogP) is 2.03. The van der Waals surface area contributed by atoms with Crippen molar-refractivity contribution in [3.05, 3.63) is 48.8 Å². The molecule has 0 amide bonds. The average Bonchev–Trinajstić information content (AvgIpc) is 3.21.